The van der Waals surface area contributed by atoms with Gasteiger partial charge in [-0.2, -0.15) is 0 Å². The molecule has 0 radical (unpaired) electrons. The molecule has 1 aromatic carbocycles. The molecule has 1 aliphatic rings. The van der Waals surface area contributed by atoms with Crippen LogP contribution in [-0.2, 0) is 0 Å². The Balaban J connectivity index is 2.11. The van der Waals surface area contributed by atoms with E-state index >= 15 is 0 Å². The molecule has 0 bridgehead atoms. The summed E-state index contributed by atoms with van der Waals surface area (Å²) in [4.78, 5) is 0. The molecule has 112 valence electrons. The molecule has 1 heterocycles. The van der Waals surface area contributed by atoms with Crippen molar-refractivity contribution in [2.24, 2.45) is 5.41 Å². The predicted molar refractivity (Wildman–Crippen MR) is 78.2 cm³/mol. The second-order valence-corrected chi connectivity index (χ2v) is 5.95. The molecule has 1 unspecified atom stereocenters. The first-order valence-electron chi connectivity index (χ1n) is 6.77. The zero-order chi connectivity index (χ0) is 15.2. The molecular formula is C14H19N5O2. The van der Waals surface area contributed by atoms with Gasteiger partial charge in [0.15, 0.2) is 5.82 Å². The zero-order valence-corrected chi connectivity index (χ0v) is 12.6. The van der Waals surface area contributed by atoms with Gasteiger partial charge >= 0.3 is 0 Å². The van der Waals surface area contributed by atoms with Crippen molar-refractivity contribution in [1.82, 2.24) is 20.2 Å². The van der Waals surface area contributed by atoms with Crippen molar-refractivity contribution in [3.63, 3.8) is 0 Å². The smallest absolute Gasteiger partial charge is 0.184 e. The van der Waals surface area contributed by atoms with E-state index in [1.807, 2.05) is 10.7 Å². The molecule has 0 amide bonds. The zero-order valence-electron chi connectivity index (χ0n) is 12.6. The van der Waals surface area contributed by atoms with E-state index in [-0.39, 0.29) is 5.41 Å². The van der Waals surface area contributed by atoms with Gasteiger partial charge in [-0.3, -0.25) is 0 Å². The number of tetrazole rings is 1. The van der Waals surface area contributed by atoms with E-state index in [1.54, 1.807) is 20.3 Å². The molecule has 2 N–H and O–H groups in total. The number of nitrogens with two attached hydrogens (primary N) is 1. The summed E-state index contributed by atoms with van der Waals surface area (Å²) in [5.41, 5.74) is 7.61. The lowest BCUT2D eigenvalue weighted by atomic mass is 10.1. The number of anilines is 1. The lowest BCUT2D eigenvalue weighted by molar-refractivity contribution is 0.396. The standard InChI is InChI=1S/C14H19N5O2/c1-14(2)7-11(14)19-13(16-17-18-19)9-5-8(20-3)6-10(21-4)12(9)15/h5-6,11H,7,15H2,1-4H3. The number of rotatable bonds is 4. The summed E-state index contributed by atoms with van der Waals surface area (Å²) >= 11 is 0. The summed E-state index contributed by atoms with van der Waals surface area (Å²) in [6.45, 7) is 4.39. The van der Waals surface area contributed by atoms with Crippen molar-refractivity contribution in [1.29, 1.82) is 0 Å². The first-order chi connectivity index (χ1) is 9.97. The maximum Gasteiger partial charge on any atom is 0.184 e. The normalized spacial score (nSPS) is 19.3. The third-order valence-electron chi connectivity index (χ3n) is 4.06. The summed E-state index contributed by atoms with van der Waals surface area (Å²) in [6.07, 6.45) is 1.05. The van der Waals surface area contributed by atoms with Gasteiger partial charge < -0.3 is 15.2 Å². The molecule has 2 aromatic rings. The number of nitrogen functional groups attached to an aromatic ring is 1. The topological polar surface area (TPSA) is 88.1 Å². The lowest BCUT2D eigenvalue weighted by Crippen LogP contribution is -2.06. The van der Waals surface area contributed by atoms with Gasteiger partial charge in [0.2, 0.25) is 0 Å². The van der Waals surface area contributed by atoms with Gasteiger partial charge in [-0.25, -0.2) is 4.68 Å². The van der Waals surface area contributed by atoms with Gasteiger partial charge in [-0.1, -0.05) is 13.8 Å². The molecule has 7 heteroatoms. The van der Waals surface area contributed by atoms with Crippen LogP contribution in [0.25, 0.3) is 11.4 Å². The molecule has 0 saturated heterocycles. The second kappa shape index (κ2) is 4.61. The van der Waals surface area contributed by atoms with Gasteiger partial charge in [0.1, 0.15) is 11.5 Å². The number of hydrogen-bond donors (Lipinski definition) is 1. The third kappa shape index (κ3) is 2.18. The summed E-state index contributed by atoms with van der Waals surface area (Å²) in [6, 6.07) is 3.86. The number of aromatic nitrogens is 4. The van der Waals surface area contributed by atoms with Crippen LogP contribution in [0.1, 0.15) is 26.3 Å². The summed E-state index contributed by atoms with van der Waals surface area (Å²) in [5, 5.41) is 12.1. The summed E-state index contributed by atoms with van der Waals surface area (Å²) in [7, 11) is 3.17. The van der Waals surface area contributed by atoms with Crippen LogP contribution in [0.3, 0.4) is 0 Å². The van der Waals surface area contributed by atoms with E-state index in [1.165, 1.54) is 0 Å². The first kappa shape index (κ1) is 13.7. The van der Waals surface area contributed by atoms with Crippen LogP contribution in [0.2, 0.25) is 0 Å². The highest BCUT2D eigenvalue weighted by Gasteiger charge is 2.49. The Morgan fingerprint density at radius 2 is 2.00 bits per heavy atom. The van der Waals surface area contributed by atoms with Crippen molar-refractivity contribution in [2.75, 3.05) is 20.0 Å². The fraction of sp³-hybridized carbons (Fsp3) is 0.500. The number of hydrogen-bond acceptors (Lipinski definition) is 6. The Bertz CT molecular complexity index is 680. The highest BCUT2D eigenvalue weighted by Crippen LogP contribution is 2.56. The molecular weight excluding hydrogens is 270 g/mol. The number of methoxy groups -OCH3 is 2. The quantitative estimate of drug-likeness (QED) is 0.865. The highest BCUT2D eigenvalue weighted by atomic mass is 16.5. The molecule has 1 saturated carbocycles. The Hall–Kier alpha value is -2.31. The molecule has 1 aromatic heterocycles. The van der Waals surface area contributed by atoms with Crippen molar-refractivity contribution >= 4 is 5.69 Å². The largest absolute Gasteiger partial charge is 0.497 e. The Morgan fingerprint density at radius 3 is 2.57 bits per heavy atom. The molecule has 7 nitrogen and oxygen atoms in total. The molecule has 0 spiro atoms. The fourth-order valence-electron chi connectivity index (χ4n) is 2.51. The van der Waals surface area contributed by atoms with Crippen molar-refractivity contribution < 1.29 is 9.47 Å². The Morgan fingerprint density at radius 1 is 1.29 bits per heavy atom. The minimum Gasteiger partial charge on any atom is -0.497 e. The van der Waals surface area contributed by atoms with E-state index in [0.717, 1.165) is 12.0 Å². The van der Waals surface area contributed by atoms with Crippen LogP contribution in [0.4, 0.5) is 5.69 Å². The monoisotopic (exact) mass is 289 g/mol. The number of benzene rings is 1. The maximum absolute atomic E-state index is 6.18. The van der Waals surface area contributed by atoms with Crippen LogP contribution < -0.4 is 15.2 Å². The van der Waals surface area contributed by atoms with E-state index in [4.69, 9.17) is 15.2 Å². The van der Waals surface area contributed by atoms with Crippen LogP contribution in [0.15, 0.2) is 12.1 Å². The maximum atomic E-state index is 6.18. The predicted octanol–water partition coefficient (Wildman–Crippen LogP) is 1.91. The SMILES string of the molecule is COc1cc(OC)c(N)c(-c2nnnn2C2CC2(C)C)c1. The molecule has 0 aliphatic heterocycles. The second-order valence-electron chi connectivity index (χ2n) is 5.95. The minimum absolute atomic E-state index is 0.210. The molecule has 21 heavy (non-hydrogen) atoms. The van der Waals surface area contributed by atoms with Gasteiger partial charge in [-0.15, -0.1) is 5.10 Å². The summed E-state index contributed by atoms with van der Waals surface area (Å²) < 4.78 is 12.4. The van der Waals surface area contributed by atoms with Crippen molar-refractivity contribution in [3.8, 4) is 22.9 Å². The Kier molecular flexibility index (Phi) is 3.00. The first-order valence-corrected chi connectivity index (χ1v) is 6.77. The fourth-order valence-corrected chi connectivity index (χ4v) is 2.51. The van der Waals surface area contributed by atoms with E-state index < -0.39 is 0 Å². The van der Waals surface area contributed by atoms with Crippen LogP contribution in [0, 0.1) is 5.41 Å². The third-order valence-corrected chi connectivity index (χ3v) is 4.06. The molecule has 1 fully saturated rings. The number of nitrogens with zero attached hydrogens (tertiary/aromatic N) is 4. The van der Waals surface area contributed by atoms with Gasteiger partial charge in [0.25, 0.3) is 0 Å². The van der Waals surface area contributed by atoms with Crippen molar-refractivity contribution in [2.45, 2.75) is 26.3 Å². The average molecular weight is 289 g/mol. The minimum atomic E-state index is 0.210. The van der Waals surface area contributed by atoms with Crippen molar-refractivity contribution in [3.05, 3.63) is 12.1 Å². The van der Waals surface area contributed by atoms with Crippen LogP contribution in [-0.4, -0.2) is 34.4 Å². The van der Waals surface area contributed by atoms with Gasteiger partial charge in [-0.05, 0) is 28.3 Å². The number of ether oxygens (including phenoxy) is 2. The molecule has 3 rings (SSSR count). The average Bonchev–Trinajstić information content (AvgIpc) is 2.89. The van der Waals surface area contributed by atoms with Crippen LogP contribution in [0.5, 0.6) is 11.5 Å². The summed E-state index contributed by atoms with van der Waals surface area (Å²) in [5.74, 6) is 1.84. The molecule has 1 aliphatic carbocycles. The van der Waals surface area contributed by atoms with Gasteiger partial charge in [0, 0.05) is 6.07 Å². The lowest BCUT2D eigenvalue weighted by Gasteiger charge is -2.13. The molecule has 1 atom stereocenters. The van der Waals surface area contributed by atoms with E-state index in [9.17, 15) is 0 Å². The van der Waals surface area contributed by atoms with Crippen LogP contribution >= 0.6 is 0 Å². The van der Waals surface area contributed by atoms with E-state index in [2.05, 4.69) is 29.4 Å². The highest BCUT2D eigenvalue weighted by molar-refractivity contribution is 5.78. The van der Waals surface area contributed by atoms with Gasteiger partial charge in [0.05, 0.1) is 31.5 Å². The Labute approximate surface area is 123 Å². The van der Waals surface area contributed by atoms with E-state index in [0.29, 0.717) is 29.1 Å².